The van der Waals surface area contributed by atoms with Gasteiger partial charge in [-0.2, -0.15) is 0 Å². The molecule has 26 heavy (non-hydrogen) atoms. The molecule has 1 spiro atoms. The van der Waals surface area contributed by atoms with Crippen molar-refractivity contribution >= 4 is 29.4 Å². The number of Topliss-reactive ketones (excluding diaryl/α,β-unsaturated/α-hetero) is 1. The Balaban J connectivity index is 1.87. The van der Waals surface area contributed by atoms with E-state index in [4.69, 9.17) is 4.74 Å². The van der Waals surface area contributed by atoms with Crippen LogP contribution in [0.1, 0.15) is 46.1 Å². The number of aliphatic hydroxyl groups excluding tert-OH is 1. The lowest BCUT2D eigenvalue weighted by molar-refractivity contribution is -0.114. The van der Waals surface area contributed by atoms with Crippen LogP contribution >= 0.6 is 11.8 Å². The molecule has 1 fully saturated rings. The Bertz CT molecular complexity index is 770. The Morgan fingerprint density at radius 2 is 1.81 bits per heavy atom. The number of benzene rings is 1. The predicted molar refractivity (Wildman–Crippen MR) is 102 cm³/mol. The van der Waals surface area contributed by atoms with Gasteiger partial charge in [0.05, 0.1) is 10.3 Å². The Kier molecular flexibility index (Phi) is 4.82. The Labute approximate surface area is 158 Å². The van der Waals surface area contributed by atoms with Crippen LogP contribution in [0.25, 0.3) is 5.76 Å². The van der Waals surface area contributed by atoms with Crippen molar-refractivity contribution in [2.24, 2.45) is 0 Å². The van der Waals surface area contributed by atoms with Gasteiger partial charge in [-0.15, -0.1) is 11.8 Å². The number of likely N-dealkylation sites (tertiary alicyclic amines) is 1. The molecule has 0 atom stereocenters. The summed E-state index contributed by atoms with van der Waals surface area (Å²) >= 11 is 1.63. The average Bonchev–Trinajstić information content (AvgIpc) is 2.53. The second kappa shape index (κ2) is 6.65. The predicted octanol–water partition coefficient (Wildman–Crippen LogP) is 4.42. The number of hydrogen-bond acceptors (Lipinski definition) is 5. The van der Waals surface area contributed by atoms with Gasteiger partial charge in [-0.3, -0.25) is 4.79 Å². The van der Waals surface area contributed by atoms with E-state index in [1.54, 1.807) is 16.7 Å². The number of piperidine rings is 1. The lowest BCUT2D eigenvalue weighted by atomic mass is 9.83. The molecule has 1 aromatic rings. The van der Waals surface area contributed by atoms with Crippen molar-refractivity contribution in [3.8, 4) is 0 Å². The molecule has 1 saturated heterocycles. The van der Waals surface area contributed by atoms with Crippen LogP contribution in [0, 0.1) is 0 Å². The van der Waals surface area contributed by atoms with Gasteiger partial charge in [0.15, 0.2) is 5.78 Å². The number of aliphatic hydroxyl groups is 1. The smallest absolute Gasteiger partial charge is 0.410 e. The molecule has 6 heteroatoms. The fourth-order valence-corrected chi connectivity index (χ4v) is 5.15. The Morgan fingerprint density at radius 3 is 2.38 bits per heavy atom. The summed E-state index contributed by atoms with van der Waals surface area (Å²) in [5.74, 6) is -0.0345. The summed E-state index contributed by atoms with van der Waals surface area (Å²) in [4.78, 5) is 27.4. The molecule has 0 aliphatic carbocycles. The number of amides is 1. The van der Waals surface area contributed by atoms with Crippen molar-refractivity contribution in [3.05, 3.63) is 35.4 Å². The number of nitrogens with zero attached hydrogens (tertiary/aromatic N) is 1. The van der Waals surface area contributed by atoms with Gasteiger partial charge in [-0.05, 0) is 46.6 Å². The number of carbonyl (C=O) groups excluding carboxylic acids is 2. The standard InChI is InChI=1S/C20H25NO4S/c1-13(22)16-17(23)14-7-5-6-8-15(14)26-20(16)9-11-21(12-10-20)18(24)25-19(2,3)4/h5-8,23H,9-12H2,1-4H3. The third-order valence-corrected chi connectivity index (χ3v) is 6.29. The van der Waals surface area contributed by atoms with Crippen molar-refractivity contribution in [1.82, 2.24) is 4.90 Å². The Hall–Kier alpha value is -1.95. The third kappa shape index (κ3) is 3.47. The molecule has 0 bridgehead atoms. The highest BCUT2D eigenvalue weighted by atomic mass is 32.2. The molecule has 0 radical (unpaired) electrons. The lowest BCUT2D eigenvalue weighted by Crippen LogP contribution is -2.49. The normalized spacial score (nSPS) is 19.3. The quantitative estimate of drug-likeness (QED) is 0.787. The summed E-state index contributed by atoms with van der Waals surface area (Å²) in [6.07, 6.45) is 0.875. The van der Waals surface area contributed by atoms with E-state index >= 15 is 0 Å². The van der Waals surface area contributed by atoms with E-state index in [0.29, 0.717) is 37.1 Å². The third-order valence-electron chi connectivity index (χ3n) is 4.71. The van der Waals surface area contributed by atoms with Crippen molar-refractivity contribution in [2.75, 3.05) is 13.1 Å². The maximum absolute atomic E-state index is 12.4. The summed E-state index contributed by atoms with van der Waals surface area (Å²) in [5, 5.41) is 10.8. The molecule has 2 heterocycles. The Morgan fingerprint density at radius 1 is 1.19 bits per heavy atom. The summed E-state index contributed by atoms with van der Waals surface area (Å²) in [6.45, 7) is 8.03. The van der Waals surface area contributed by atoms with Crippen molar-refractivity contribution in [1.29, 1.82) is 0 Å². The van der Waals surface area contributed by atoms with Crippen molar-refractivity contribution in [3.63, 3.8) is 0 Å². The molecule has 1 N–H and O–H groups in total. The van der Waals surface area contributed by atoms with Crippen LogP contribution in [0.4, 0.5) is 4.79 Å². The monoisotopic (exact) mass is 375 g/mol. The van der Waals surface area contributed by atoms with Crippen LogP contribution in [0.3, 0.4) is 0 Å². The lowest BCUT2D eigenvalue weighted by Gasteiger charge is -2.44. The number of carbonyl (C=O) groups is 2. The maximum atomic E-state index is 12.4. The molecule has 1 amide bonds. The zero-order valence-corrected chi connectivity index (χ0v) is 16.5. The van der Waals surface area contributed by atoms with Gasteiger partial charge in [-0.25, -0.2) is 4.79 Å². The number of ether oxygens (including phenoxy) is 1. The second-order valence-electron chi connectivity index (χ2n) is 7.84. The minimum atomic E-state index is -0.534. The largest absolute Gasteiger partial charge is 0.507 e. The summed E-state index contributed by atoms with van der Waals surface area (Å²) < 4.78 is 4.96. The molecule has 0 saturated carbocycles. The van der Waals surface area contributed by atoms with Gasteiger partial charge in [0.2, 0.25) is 0 Å². The molecule has 0 unspecified atom stereocenters. The zero-order chi connectivity index (χ0) is 19.1. The summed E-state index contributed by atoms with van der Waals surface area (Å²) in [6, 6.07) is 7.59. The van der Waals surface area contributed by atoms with Crippen LogP contribution in [0.5, 0.6) is 0 Å². The summed E-state index contributed by atoms with van der Waals surface area (Å²) in [5.41, 5.74) is 0.654. The molecule has 5 nitrogen and oxygen atoms in total. The van der Waals surface area contributed by atoms with E-state index in [9.17, 15) is 14.7 Å². The van der Waals surface area contributed by atoms with Gasteiger partial charge in [0.1, 0.15) is 11.4 Å². The first-order valence-corrected chi connectivity index (χ1v) is 9.66. The molecule has 2 aliphatic rings. The highest BCUT2D eigenvalue weighted by molar-refractivity contribution is 8.01. The fraction of sp³-hybridized carbons (Fsp3) is 0.500. The van der Waals surface area contributed by atoms with E-state index in [0.717, 1.165) is 4.90 Å². The molecular formula is C20H25NO4S. The fourth-order valence-electron chi connectivity index (χ4n) is 3.58. The summed E-state index contributed by atoms with van der Waals surface area (Å²) in [7, 11) is 0. The first kappa shape index (κ1) is 18.8. The molecular weight excluding hydrogens is 350 g/mol. The molecule has 140 valence electrons. The first-order chi connectivity index (χ1) is 12.1. The zero-order valence-electron chi connectivity index (χ0n) is 15.7. The van der Waals surface area contributed by atoms with Gasteiger partial charge >= 0.3 is 6.09 Å². The van der Waals surface area contributed by atoms with E-state index in [-0.39, 0.29) is 17.6 Å². The number of fused-ring (bicyclic) bond motifs is 1. The van der Waals surface area contributed by atoms with E-state index in [1.807, 2.05) is 45.0 Å². The van der Waals surface area contributed by atoms with E-state index < -0.39 is 10.3 Å². The maximum Gasteiger partial charge on any atom is 0.410 e. The number of ketones is 1. The van der Waals surface area contributed by atoms with Gasteiger partial charge in [0, 0.05) is 23.5 Å². The van der Waals surface area contributed by atoms with E-state index in [2.05, 4.69) is 0 Å². The van der Waals surface area contributed by atoms with Crippen LogP contribution in [-0.2, 0) is 9.53 Å². The van der Waals surface area contributed by atoms with Gasteiger partial charge < -0.3 is 14.7 Å². The highest BCUT2D eigenvalue weighted by Crippen LogP contribution is 2.53. The average molecular weight is 375 g/mol. The van der Waals surface area contributed by atoms with Crippen molar-refractivity contribution < 1.29 is 19.4 Å². The molecule has 2 aliphatic heterocycles. The number of thioether (sulfide) groups is 1. The molecule has 1 aromatic carbocycles. The second-order valence-corrected chi connectivity index (χ2v) is 9.27. The minimum absolute atomic E-state index is 0.0811. The van der Waals surface area contributed by atoms with Crippen LogP contribution in [-0.4, -0.2) is 45.3 Å². The first-order valence-electron chi connectivity index (χ1n) is 8.84. The molecule has 0 aromatic heterocycles. The number of hydrogen-bond donors (Lipinski definition) is 1. The van der Waals surface area contributed by atoms with Gasteiger partial charge in [0.25, 0.3) is 0 Å². The minimum Gasteiger partial charge on any atom is -0.507 e. The van der Waals surface area contributed by atoms with Crippen molar-refractivity contribution in [2.45, 2.75) is 55.8 Å². The number of rotatable bonds is 1. The van der Waals surface area contributed by atoms with Crippen LogP contribution in [0.2, 0.25) is 0 Å². The van der Waals surface area contributed by atoms with Crippen LogP contribution in [0.15, 0.2) is 34.7 Å². The molecule has 3 rings (SSSR count). The SMILES string of the molecule is CC(=O)C1=C(O)c2ccccc2SC12CCN(C(=O)OC(C)(C)C)CC2. The van der Waals surface area contributed by atoms with E-state index in [1.165, 1.54) is 6.92 Å². The van der Waals surface area contributed by atoms with Crippen LogP contribution < -0.4 is 0 Å². The topological polar surface area (TPSA) is 66.8 Å². The highest BCUT2D eigenvalue weighted by Gasteiger charge is 2.47. The van der Waals surface area contributed by atoms with Gasteiger partial charge in [-0.1, -0.05) is 18.2 Å².